The summed E-state index contributed by atoms with van der Waals surface area (Å²) in [5, 5.41) is 11.0. The van der Waals surface area contributed by atoms with E-state index in [0.717, 1.165) is 0 Å². The molecule has 0 fully saturated rings. The Labute approximate surface area is 142 Å². The topological polar surface area (TPSA) is 84.9 Å². The SMILES string of the molecule is COc1cccc(C(=O)OCCOC(=O)C([O-])(C(F)(F)F)C(F)(F)F)c1. The molecule has 0 spiro atoms. The smallest absolute Gasteiger partial charge is 0.399 e. The van der Waals surface area contributed by atoms with E-state index >= 15 is 0 Å². The Morgan fingerprint density at radius 3 is 2.04 bits per heavy atom. The number of carbonyl (C=O) groups is 2. The maximum absolute atomic E-state index is 12.4. The van der Waals surface area contributed by atoms with Crippen LogP contribution in [0.2, 0.25) is 0 Å². The first-order valence-electron chi connectivity index (χ1n) is 6.67. The minimum absolute atomic E-state index is 0.0283. The van der Waals surface area contributed by atoms with Gasteiger partial charge in [0.2, 0.25) is 0 Å². The molecule has 0 aliphatic carbocycles. The highest BCUT2D eigenvalue weighted by atomic mass is 19.4. The van der Waals surface area contributed by atoms with Gasteiger partial charge in [0.05, 0.1) is 12.7 Å². The molecule has 0 aliphatic heterocycles. The van der Waals surface area contributed by atoms with Crippen molar-refractivity contribution in [1.82, 2.24) is 0 Å². The summed E-state index contributed by atoms with van der Waals surface area (Å²) in [6.07, 6.45) is -12.9. The molecule has 0 aliphatic rings. The van der Waals surface area contributed by atoms with Crippen LogP contribution in [-0.2, 0) is 14.3 Å². The third-order valence-electron chi connectivity index (χ3n) is 2.94. The molecule has 26 heavy (non-hydrogen) atoms. The van der Waals surface area contributed by atoms with E-state index in [0.29, 0.717) is 0 Å². The first-order chi connectivity index (χ1) is 11.8. The van der Waals surface area contributed by atoms with E-state index in [2.05, 4.69) is 9.47 Å². The quantitative estimate of drug-likeness (QED) is 0.418. The van der Waals surface area contributed by atoms with Crippen LogP contribution < -0.4 is 9.84 Å². The molecule has 0 saturated carbocycles. The number of benzene rings is 1. The Hall–Kier alpha value is -2.50. The van der Waals surface area contributed by atoms with Crippen molar-refractivity contribution >= 4 is 11.9 Å². The molecule has 12 heteroatoms. The van der Waals surface area contributed by atoms with E-state index in [-0.39, 0.29) is 11.3 Å². The third kappa shape index (κ3) is 4.56. The van der Waals surface area contributed by atoms with E-state index in [4.69, 9.17) is 4.74 Å². The predicted octanol–water partition coefficient (Wildman–Crippen LogP) is 1.62. The number of rotatable bonds is 6. The van der Waals surface area contributed by atoms with Crippen LogP contribution in [0, 0.1) is 0 Å². The van der Waals surface area contributed by atoms with Gasteiger partial charge < -0.3 is 19.3 Å². The van der Waals surface area contributed by atoms with E-state index in [1.807, 2.05) is 0 Å². The second kappa shape index (κ2) is 7.81. The standard InChI is InChI=1S/C14H11F6O6/c1-24-9-4-2-3-8(7-9)10(21)25-5-6-26-11(22)12(23,13(15,16)17)14(18,19)20/h2-4,7H,5-6H2,1H3/q-1. The lowest BCUT2D eigenvalue weighted by Crippen LogP contribution is -2.71. The van der Waals surface area contributed by atoms with Crippen LogP contribution in [0.4, 0.5) is 26.3 Å². The molecule has 0 radical (unpaired) electrons. The van der Waals surface area contributed by atoms with E-state index < -0.39 is 43.1 Å². The first-order valence-corrected chi connectivity index (χ1v) is 6.67. The van der Waals surface area contributed by atoms with Gasteiger partial charge in [-0.1, -0.05) is 6.07 Å². The van der Waals surface area contributed by atoms with Crippen molar-refractivity contribution in [2.24, 2.45) is 0 Å². The molecule has 0 bridgehead atoms. The van der Waals surface area contributed by atoms with Gasteiger partial charge in [-0.15, -0.1) is 0 Å². The predicted molar refractivity (Wildman–Crippen MR) is 69.1 cm³/mol. The minimum atomic E-state index is -6.46. The van der Waals surface area contributed by atoms with Gasteiger partial charge in [0.15, 0.2) is 5.60 Å². The summed E-state index contributed by atoms with van der Waals surface area (Å²) in [6, 6.07) is 5.48. The normalized spacial score (nSPS) is 12.5. The average molecular weight is 389 g/mol. The molecule has 0 unspecified atom stereocenters. The van der Waals surface area contributed by atoms with Crippen LogP contribution in [0.3, 0.4) is 0 Å². The summed E-state index contributed by atoms with van der Waals surface area (Å²) in [7, 11) is 1.32. The van der Waals surface area contributed by atoms with Crippen molar-refractivity contribution < 1.29 is 55.2 Å². The fraction of sp³-hybridized carbons (Fsp3) is 0.429. The summed E-state index contributed by atoms with van der Waals surface area (Å²) in [4.78, 5) is 22.7. The molecule has 1 rings (SSSR count). The van der Waals surface area contributed by atoms with Crippen molar-refractivity contribution in [1.29, 1.82) is 0 Å². The van der Waals surface area contributed by atoms with Crippen LogP contribution >= 0.6 is 0 Å². The van der Waals surface area contributed by atoms with E-state index in [1.54, 1.807) is 0 Å². The van der Waals surface area contributed by atoms with Crippen LogP contribution in [0.25, 0.3) is 0 Å². The summed E-state index contributed by atoms with van der Waals surface area (Å²) >= 11 is 0. The molecule has 1 aromatic rings. The monoisotopic (exact) mass is 389 g/mol. The Morgan fingerprint density at radius 1 is 1.00 bits per heavy atom. The number of halogens is 6. The second-order valence-corrected chi connectivity index (χ2v) is 4.68. The lowest BCUT2D eigenvalue weighted by molar-refractivity contribution is -0.574. The highest BCUT2D eigenvalue weighted by molar-refractivity contribution is 5.89. The highest BCUT2D eigenvalue weighted by Crippen LogP contribution is 2.41. The molecule has 1 aromatic carbocycles. The van der Waals surface area contributed by atoms with E-state index in [9.17, 15) is 41.0 Å². The van der Waals surface area contributed by atoms with Crippen molar-refractivity contribution in [3.05, 3.63) is 29.8 Å². The Balaban J connectivity index is 2.64. The largest absolute Gasteiger partial charge is 0.828 e. The van der Waals surface area contributed by atoms with Gasteiger partial charge in [-0.2, -0.15) is 26.3 Å². The minimum Gasteiger partial charge on any atom is -0.828 e. The molecule has 0 aromatic heterocycles. The molecule has 0 N–H and O–H groups in total. The Bertz CT molecular complexity index is 640. The molecule has 0 amide bonds. The van der Waals surface area contributed by atoms with Crippen molar-refractivity contribution in [3.8, 4) is 5.75 Å². The number of alkyl halides is 6. The van der Waals surface area contributed by atoms with Gasteiger partial charge in [0.1, 0.15) is 19.0 Å². The Kier molecular flexibility index (Phi) is 6.47. The fourth-order valence-electron chi connectivity index (χ4n) is 1.60. The summed E-state index contributed by atoms with van der Waals surface area (Å²) < 4.78 is 87.2. The zero-order valence-corrected chi connectivity index (χ0v) is 12.9. The molecular formula is C14H11F6O6-. The summed E-state index contributed by atoms with van der Waals surface area (Å²) in [6.45, 7) is -2.04. The van der Waals surface area contributed by atoms with Gasteiger partial charge in [0.25, 0.3) is 0 Å². The summed E-state index contributed by atoms with van der Waals surface area (Å²) in [5.74, 6) is -3.80. The van der Waals surface area contributed by atoms with Crippen molar-refractivity contribution in [3.63, 3.8) is 0 Å². The van der Waals surface area contributed by atoms with E-state index in [1.165, 1.54) is 31.4 Å². The molecule has 6 nitrogen and oxygen atoms in total. The maximum Gasteiger partial charge on any atom is 0.399 e. The fourth-order valence-corrected chi connectivity index (χ4v) is 1.60. The second-order valence-electron chi connectivity index (χ2n) is 4.68. The van der Waals surface area contributed by atoms with Crippen molar-refractivity contribution in [2.45, 2.75) is 18.0 Å². The number of hydrogen-bond donors (Lipinski definition) is 0. The highest BCUT2D eigenvalue weighted by Gasteiger charge is 2.68. The molecular weight excluding hydrogens is 378 g/mol. The van der Waals surface area contributed by atoms with Gasteiger partial charge in [0, 0.05) is 0 Å². The van der Waals surface area contributed by atoms with Crippen LogP contribution in [0.5, 0.6) is 5.75 Å². The zero-order valence-electron chi connectivity index (χ0n) is 12.9. The molecule has 146 valence electrons. The average Bonchev–Trinajstić information content (AvgIpc) is 2.55. The Morgan fingerprint density at radius 2 is 1.54 bits per heavy atom. The third-order valence-corrected chi connectivity index (χ3v) is 2.94. The zero-order chi connectivity index (χ0) is 20.2. The van der Waals surface area contributed by atoms with Crippen molar-refractivity contribution in [2.75, 3.05) is 20.3 Å². The van der Waals surface area contributed by atoms with Gasteiger partial charge in [-0.3, -0.25) is 4.79 Å². The number of methoxy groups -OCH3 is 1. The molecule has 0 heterocycles. The van der Waals surface area contributed by atoms with Gasteiger partial charge in [-0.05, 0) is 18.2 Å². The molecule has 0 saturated heterocycles. The lowest BCUT2D eigenvalue weighted by Gasteiger charge is -2.40. The van der Waals surface area contributed by atoms with Crippen LogP contribution in [-0.4, -0.2) is 50.2 Å². The first kappa shape index (κ1) is 21.5. The van der Waals surface area contributed by atoms with Gasteiger partial charge in [-0.25, -0.2) is 4.79 Å². The number of carbonyl (C=O) groups excluding carboxylic acids is 2. The van der Waals surface area contributed by atoms with Crippen LogP contribution in [0.15, 0.2) is 24.3 Å². The van der Waals surface area contributed by atoms with Crippen LogP contribution in [0.1, 0.15) is 10.4 Å². The molecule has 0 atom stereocenters. The lowest BCUT2D eigenvalue weighted by atomic mass is 10.0. The number of ether oxygens (including phenoxy) is 3. The maximum atomic E-state index is 12.4. The number of esters is 2. The summed E-state index contributed by atoms with van der Waals surface area (Å²) in [5.41, 5.74) is -5.96. The number of hydrogen-bond acceptors (Lipinski definition) is 6. The van der Waals surface area contributed by atoms with Gasteiger partial charge >= 0.3 is 24.3 Å².